The first kappa shape index (κ1) is 16.5. The van der Waals surface area contributed by atoms with E-state index < -0.39 is 4.92 Å². The van der Waals surface area contributed by atoms with E-state index in [1.807, 2.05) is 12.1 Å². The number of benzene rings is 1. The van der Waals surface area contributed by atoms with E-state index in [-0.39, 0.29) is 28.3 Å². The van der Waals surface area contributed by atoms with Gasteiger partial charge in [0.15, 0.2) is 5.82 Å². The molecule has 2 heterocycles. The lowest BCUT2D eigenvalue weighted by Gasteiger charge is -1.97. The lowest BCUT2D eigenvalue weighted by Crippen LogP contribution is -1.89. The fourth-order valence-electron chi connectivity index (χ4n) is 2.30. The standard InChI is InChI=1S/C17H10N6O3/c18-8-11(16-14(9-19)17(20)22-21-16)7-13-5-6-15(26-13)10-1-3-12(4-2-10)23(24)25/h1-7H,(H3,20,21,22). The highest BCUT2D eigenvalue weighted by Crippen LogP contribution is 2.27. The maximum Gasteiger partial charge on any atom is 0.269 e. The van der Waals surface area contributed by atoms with Crippen LogP contribution in [0, 0.1) is 32.8 Å². The number of furan rings is 1. The van der Waals surface area contributed by atoms with Crippen molar-refractivity contribution in [2.45, 2.75) is 0 Å². The molecule has 0 aliphatic rings. The molecule has 0 saturated carbocycles. The average molecular weight is 346 g/mol. The van der Waals surface area contributed by atoms with Gasteiger partial charge in [0, 0.05) is 23.8 Å². The van der Waals surface area contributed by atoms with Gasteiger partial charge >= 0.3 is 0 Å². The molecule has 26 heavy (non-hydrogen) atoms. The van der Waals surface area contributed by atoms with Gasteiger partial charge in [0.05, 0.1) is 16.2 Å². The van der Waals surface area contributed by atoms with Crippen LogP contribution >= 0.6 is 0 Å². The monoisotopic (exact) mass is 346 g/mol. The second-order valence-electron chi connectivity index (χ2n) is 5.15. The van der Waals surface area contributed by atoms with Crippen molar-refractivity contribution in [1.29, 1.82) is 10.5 Å². The fourth-order valence-corrected chi connectivity index (χ4v) is 2.30. The lowest BCUT2D eigenvalue weighted by atomic mass is 10.1. The number of nitrogens with one attached hydrogen (secondary N) is 1. The summed E-state index contributed by atoms with van der Waals surface area (Å²) in [5.74, 6) is 0.856. The van der Waals surface area contributed by atoms with E-state index in [9.17, 15) is 15.4 Å². The van der Waals surface area contributed by atoms with Crippen LogP contribution in [0.5, 0.6) is 0 Å². The van der Waals surface area contributed by atoms with Gasteiger partial charge in [-0.2, -0.15) is 15.6 Å². The number of nitrogens with two attached hydrogens (primary N) is 1. The first-order chi connectivity index (χ1) is 12.5. The van der Waals surface area contributed by atoms with Crippen LogP contribution < -0.4 is 5.73 Å². The highest BCUT2D eigenvalue weighted by molar-refractivity contribution is 5.90. The Morgan fingerprint density at radius 2 is 2.00 bits per heavy atom. The van der Waals surface area contributed by atoms with Crippen molar-refractivity contribution in [2.75, 3.05) is 5.73 Å². The number of nitro benzene ring substituents is 1. The van der Waals surface area contributed by atoms with Crippen molar-refractivity contribution >= 4 is 23.2 Å². The van der Waals surface area contributed by atoms with Gasteiger partial charge in [0.25, 0.3) is 5.69 Å². The Kier molecular flexibility index (Phi) is 4.20. The third-order valence-corrected chi connectivity index (χ3v) is 3.57. The molecule has 0 amide bonds. The molecule has 1 aromatic carbocycles. The molecule has 0 aliphatic heterocycles. The molecule has 126 valence electrons. The molecule has 3 aromatic rings. The second-order valence-corrected chi connectivity index (χ2v) is 5.15. The van der Waals surface area contributed by atoms with Gasteiger partial charge in [-0.25, -0.2) is 0 Å². The number of hydrogen-bond acceptors (Lipinski definition) is 7. The quantitative estimate of drug-likeness (QED) is 0.417. The Balaban J connectivity index is 1.94. The minimum absolute atomic E-state index is 0.00895. The van der Waals surface area contributed by atoms with Crippen LogP contribution in [0.3, 0.4) is 0 Å². The molecule has 0 saturated heterocycles. The second kappa shape index (κ2) is 6.63. The molecule has 0 unspecified atom stereocenters. The van der Waals surface area contributed by atoms with Crippen molar-refractivity contribution in [2.24, 2.45) is 0 Å². The largest absolute Gasteiger partial charge is 0.457 e. The number of nitro groups is 1. The SMILES string of the molecule is N#CC(=Cc1ccc(-c2ccc([N+](=O)[O-])cc2)o1)c1[nH]nc(N)c1C#N. The first-order valence-corrected chi connectivity index (χ1v) is 7.24. The van der Waals surface area contributed by atoms with E-state index in [2.05, 4.69) is 10.2 Å². The van der Waals surface area contributed by atoms with Crippen LogP contribution in [0.15, 0.2) is 40.8 Å². The molecular weight excluding hydrogens is 336 g/mol. The van der Waals surface area contributed by atoms with Crippen LogP contribution in [0.2, 0.25) is 0 Å². The van der Waals surface area contributed by atoms with E-state index in [0.717, 1.165) is 0 Å². The van der Waals surface area contributed by atoms with Crippen LogP contribution in [0.1, 0.15) is 17.0 Å². The summed E-state index contributed by atoms with van der Waals surface area (Å²) in [4.78, 5) is 10.2. The van der Waals surface area contributed by atoms with Crippen molar-refractivity contribution in [3.8, 4) is 23.5 Å². The number of aromatic nitrogens is 2. The van der Waals surface area contributed by atoms with Crippen molar-refractivity contribution in [3.05, 3.63) is 63.5 Å². The summed E-state index contributed by atoms with van der Waals surface area (Å²) in [6.07, 6.45) is 1.45. The Labute approximate surface area is 146 Å². The Bertz CT molecular complexity index is 1090. The maximum absolute atomic E-state index is 10.7. The van der Waals surface area contributed by atoms with Crippen molar-refractivity contribution in [1.82, 2.24) is 10.2 Å². The van der Waals surface area contributed by atoms with Crippen molar-refractivity contribution < 1.29 is 9.34 Å². The summed E-state index contributed by atoms with van der Waals surface area (Å²) in [5, 5.41) is 35.5. The molecule has 0 radical (unpaired) electrons. The number of anilines is 1. The zero-order valence-electron chi connectivity index (χ0n) is 13.1. The average Bonchev–Trinajstić information content (AvgIpc) is 3.26. The van der Waals surface area contributed by atoms with E-state index in [4.69, 9.17) is 15.4 Å². The summed E-state index contributed by atoms with van der Waals surface area (Å²) in [6.45, 7) is 0. The smallest absolute Gasteiger partial charge is 0.269 e. The maximum atomic E-state index is 10.7. The summed E-state index contributed by atoms with van der Waals surface area (Å²) in [6, 6.07) is 13.1. The number of allylic oxidation sites excluding steroid dienone is 1. The van der Waals surface area contributed by atoms with Gasteiger partial charge in [-0.1, -0.05) is 0 Å². The Hall–Kier alpha value is -4.37. The lowest BCUT2D eigenvalue weighted by molar-refractivity contribution is -0.384. The molecule has 0 atom stereocenters. The van der Waals surface area contributed by atoms with Gasteiger partial charge in [0.1, 0.15) is 29.2 Å². The zero-order chi connectivity index (χ0) is 18.7. The number of nitrogen functional groups attached to an aromatic ring is 1. The predicted octanol–water partition coefficient (Wildman–Crippen LogP) is 3.10. The number of nitrogens with zero attached hydrogens (tertiary/aromatic N) is 4. The number of non-ortho nitro benzene ring substituents is 1. The summed E-state index contributed by atoms with van der Waals surface area (Å²) < 4.78 is 5.66. The fraction of sp³-hybridized carbons (Fsp3) is 0. The number of hydrogen-bond donors (Lipinski definition) is 2. The van der Waals surface area contributed by atoms with E-state index in [0.29, 0.717) is 17.1 Å². The molecule has 0 aliphatic carbocycles. The van der Waals surface area contributed by atoms with Gasteiger partial charge in [-0.05, 0) is 24.3 Å². The minimum Gasteiger partial charge on any atom is -0.457 e. The van der Waals surface area contributed by atoms with E-state index in [1.165, 1.54) is 18.2 Å². The Morgan fingerprint density at radius 1 is 1.27 bits per heavy atom. The minimum atomic E-state index is -0.484. The third kappa shape index (κ3) is 3.00. The summed E-state index contributed by atoms with van der Waals surface area (Å²) in [5.41, 5.74) is 6.64. The number of nitriles is 2. The number of rotatable bonds is 4. The highest BCUT2D eigenvalue weighted by atomic mass is 16.6. The Morgan fingerprint density at radius 3 is 2.62 bits per heavy atom. The molecule has 3 N–H and O–H groups in total. The van der Waals surface area contributed by atoms with Gasteiger partial charge < -0.3 is 10.2 Å². The van der Waals surface area contributed by atoms with Crippen LogP contribution in [-0.2, 0) is 0 Å². The molecule has 9 nitrogen and oxygen atoms in total. The topological polar surface area (TPSA) is 159 Å². The summed E-state index contributed by atoms with van der Waals surface area (Å²) >= 11 is 0. The zero-order valence-corrected chi connectivity index (χ0v) is 13.1. The third-order valence-electron chi connectivity index (χ3n) is 3.57. The molecule has 0 spiro atoms. The van der Waals surface area contributed by atoms with Gasteiger partial charge in [-0.3, -0.25) is 15.2 Å². The number of H-pyrrole nitrogens is 1. The molecule has 0 bridgehead atoms. The van der Waals surface area contributed by atoms with Gasteiger partial charge in [-0.15, -0.1) is 0 Å². The molecule has 9 heteroatoms. The molecular formula is C17H10N6O3. The van der Waals surface area contributed by atoms with Crippen molar-refractivity contribution in [3.63, 3.8) is 0 Å². The number of aromatic amines is 1. The molecule has 2 aromatic heterocycles. The van der Waals surface area contributed by atoms with Gasteiger partial charge in [0.2, 0.25) is 0 Å². The van der Waals surface area contributed by atoms with Crippen LogP contribution in [-0.4, -0.2) is 15.1 Å². The predicted molar refractivity (Wildman–Crippen MR) is 92.0 cm³/mol. The normalized spacial score (nSPS) is 10.9. The van der Waals surface area contributed by atoms with Crippen LogP contribution in [0.25, 0.3) is 23.0 Å². The van der Waals surface area contributed by atoms with Crippen LogP contribution in [0.4, 0.5) is 11.5 Å². The first-order valence-electron chi connectivity index (χ1n) is 7.24. The summed E-state index contributed by atoms with van der Waals surface area (Å²) in [7, 11) is 0. The molecule has 0 fully saturated rings. The molecule has 3 rings (SSSR count). The van der Waals surface area contributed by atoms with E-state index in [1.54, 1.807) is 24.3 Å². The highest BCUT2D eigenvalue weighted by Gasteiger charge is 2.15. The van der Waals surface area contributed by atoms with E-state index >= 15 is 0 Å².